The van der Waals surface area contributed by atoms with Crippen molar-refractivity contribution < 1.29 is 24.2 Å². The molecular formula is C47H46ClN7O7S. The van der Waals surface area contributed by atoms with Gasteiger partial charge in [-0.2, -0.15) is 4.98 Å². The Morgan fingerprint density at radius 1 is 0.778 bits per heavy atom. The minimum Gasteiger partial charge on any atom is -0.481 e. The predicted molar refractivity (Wildman–Crippen MR) is 243 cm³/mol. The number of aromatic nitrogens is 6. The molecule has 14 nitrogen and oxygen atoms in total. The number of rotatable bonds is 6. The Balaban J connectivity index is 0.000000187. The molecule has 63 heavy (non-hydrogen) atoms. The highest BCUT2D eigenvalue weighted by molar-refractivity contribution is 7.13. The van der Waals surface area contributed by atoms with Crippen LogP contribution in [0.4, 0.5) is 5.13 Å². The molecule has 2 aromatic carbocycles. The zero-order chi connectivity index (χ0) is 44.3. The summed E-state index contributed by atoms with van der Waals surface area (Å²) < 4.78 is 13.4. The molecule has 2 atom stereocenters. The van der Waals surface area contributed by atoms with Gasteiger partial charge in [0.15, 0.2) is 0 Å². The minimum atomic E-state index is -0.996. The summed E-state index contributed by atoms with van der Waals surface area (Å²) in [5, 5.41) is 21.0. The largest absolute Gasteiger partial charge is 0.481 e. The molecule has 0 saturated heterocycles. The lowest BCUT2D eigenvalue weighted by molar-refractivity contribution is -0.147. The molecule has 1 amide bonds. The number of amides is 1. The normalized spacial score (nSPS) is 14.4. The van der Waals surface area contributed by atoms with Gasteiger partial charge in [-0.25, -0.2) is 4.98 Å². The Kier molecular flexibility index (Phi) is 13.4. The van der Waals surface area contributed by atoms with Gasteiger partial charge in [-0.3, -0.25) is 23.7 Å². The number of carboxylic acids is 1. The number of para-hydroxylation sites is 2. The van der Waals surface area contributed by atoms with Crippen LogP contribution >= 0.6 is 22.9 Å². The molecule has 0 radical (unpaired) electrons. The van der Waals surface area contributed by atoms with Gasteiger partial charge in [-0.05, 0) is 87.4 Å². The number of aromatic amines is 1. The molecule has 0 saturated carbocycles. The zero-order valence-corrected chi connectivity index (χ0v) is 36.1. The van der Waals surface area contributed by atoms with Crippen LogP contribution in [0.15, 0.2) is 125 Å². The number of pyridine rings is 4. The number of halogens is 1. The second-order valence-electron chi connectivity index (χ2n) is 15.8. The third-order valence-corrected chi connectivity index (χ3v) is 11.5. The van der Waals surface area contributed by atoms with E-state index in [-0.39, 0.29) is 36.3 Å². The summed E-state index contributed by atoms with van der Waals surface area (Å²) in [7, 11) is 0. The number of aryl methyl sites for hydroxylation is 2. The number of nitrogens with zero attached hydrogens (tertiary/aromatic N) is 5. The van der Waals surface area contributed by atoms with Gasteiger partial charge >= 0.3 is 5.97 Å². The van der Waals surface area contributed by atoms with Crippen molar-refractivity contribution in [2.45, 2.75) is 60.8 Å². The van der Waals surface area contributed by atoms with Crippen molar-refractivity contribution in [3.05, 3.63) is 174 Å². The molecule has 0 unspecified atom stereocenters. The summed E-state index contributed by atoms with van der Waals surface area (Å²) in [4.78, 5) is 59.3. The van der Waals surface area contributed by atoms with Gasteiger partial charge < -0.3 is 24.9 Å². The molecule has 9 rings (SSSR count). The predicted octanol–water partition coefficient (Wildman–Crippen LogP) is 9.70. The lowest BCUT2D eigenvalue weighted by atomic mass is 9.70. The minimum absolute atomic E-state index is 0. The number of carbonyl (C=O) groups excluding carboxylic acids is 1. The van der Waals surface area contributed by atoms with E-state index in [9.17, 15) is 24.3 Å². The van der Waals surface area contributed by atoms with Crippen LogP contribution in [0.5, 0.6) is 23.3 Å². The highest BCUT2D eigenvalue weighted by Crippen LogP contribution is 2.53. The van der Waals surface area contributed by atoms with Crippen LogP contribution < -0.4 is 25.9 Å². The van der Waals surface area contributed by atoms with Crippen molar-refractivity contribution >= 4 is 39.9 Å². The summed E-state index contributed by atoms with van der Waals surface area (Å²) in [6, 6.07) is 29.0. The highest BCUT2D eigenvalue weighted by Gasteiger charge is 2.45. The van der Waals surface area contributed by atoms with Crippen molar-refractivity contribution in [3.8, 4) is 29.1 Å². The molecule has 5 aromatic heterocycles. The molecule has 16 heteroatoms. The van der Waals surface area contributed by atoms with Crippen molar-refractivity contribution in [3.63, 3.8) is 0 Å². The fraction of sp³-hybridized carbons (Fsp3) is 0.234. The second kappa shape index (κ2) is 18.6. The number of carboxylic acid groups (broad SMARTS) is 1. The van der Waals surface area contributed by atoms with E-state index in [1.807, 2.05) is 94.4 Å². The van der Waals surface area contributed by atoms with Crippen LogP contribution in [0.2, 0.25) is 5.15 Å². The number of fused-ring (bicyclic) bond motifs is 4. The summed E-state index contributed by atoms with van der Waals surface area (Å²) in [5.41, 5.74) is 4.62. The van der Waals surface area contributed by atoms with Crippen molar-refractivity contribution in [2.24, 2.45) is 10.8 Å². The molecule has 3 N–H and O–H groups in total. The number of H-pyrrole nitrogens is 1. The number of aliphatic carboxylic acids is 1. The summed E-state index contributed by atoms with van der Waals surface area (Å²) in [5.74, 6) is 0.720. The maximum Gasteiger partial charge on any atom is 0.310 e. The number of nitrogens with one attached hydrogen (secondary N) is 2. The van der Waals surface area contributed by atoms with Crippen LogP contribution in [0, 0.1) is 24.7 Å². The molecule has 7 heterocycles. The number of benzene rings is 2. The number of anilines is 1. The van der Waals surface area contributed by atoms with Crippen LogP contribution in [0.25, 0.3) is 5.82 Å². The molecule has 0 aliphatic carbocycles. The Hall–Kier alpha value is -6.97. The maximum atomic E-state index is 13.3. The third-order valence-electron chi connectivity index (χ3n) is 10.6. The van der Waals surface area contributed by atoms with E-state index in [1.165, 1.54) is 15.9 Å². The van der Waals surface area contributed by atoms with Gasteiger partial charge in [0.2, 0.25) is 28.4 Å². The first-order valence-electron chi connectivity index (χ1n) is 19.4. The van der Waals surface area contributed by atoms with Gasteiger partial charge in [-0.15, -0.1) is 10.2 Å². The molecule has 2 aliphatic rings. The Labute approximate surface area is 372 Å². The number of hydrogen-bond acceptors (Lipinski definition) is 11. The summed E-state index contributed by atoms with van der Waals surface area (Å²) in [6.45, 7) is 10.9. The van der Waals surface area contributed by atoms with Crippen LogP contribution in [0.3, 0.4) is 0 Å². The van der Waals surface area contributed by atoms with E-state index in [4.69, 9.17) is 21.1 Å². The second-order valence-corrected chi connectivity index (χ2v) is 17.0. The zero-order valence-electron chi connectivity index (χ0n) is 34.5. The molecule has 324 valence electrons. The van der Waals surface area contributed by atoms with Gasteiger partial charge in [-0.1, -0.05) is 80.6 Å². The average molecular weight is 888 g/mol. The quantitative estimate of drug-likeness (QED) is 0.135. The molecule has 2 aliphatic heterocycles. The van der Waals surface area contributed by atoms with Crippen LogP contribution in [0.1, 0.15) is 80.3 Å². The van der Waals surface area contributed by atoms with Gasteiger partial charge in [0.05, 0.1) is 10.8 Å². The fourth-order valence-electron chi connectivity index (χ4n) is 7.39. The van der Waals surface area contributed by atoms with Gasteiger partial charge in [0.25, 0.3) is 5.56 Å². The smallest absolute Gasteiger partial charge is 0.310 e. The van der Waals surface area contributed by atoms with Gasteiger partial charge in [0.1, 0.15) is 28.0 Å². The lowest BCUT2D eigenvalue weighted by Crippen LogP contribution is -2.38. The Morgan fingerprint density at radius 2 is 1.37 bits per heavy atom. The molecule has 7 aromatic rings. The molecule has 0 spiro atoms. The van der Waals surface area contributed by atoms with Crippen molar-refractivity contribution in [1.82, 2.24) is 29.7 Å². The van der Waals surface area contributed by atoms with Crippen molar-refractivity contribution in [2.75, 3.05) is 5.32 Å². The van der Waals surface area contributed by atoms with Gasteiger partial charge in [0, 0.05) is 58.6 Å². The first-order chi connectivity index (χ1) is 29.5. The number of ether oxygens (including phenoxy) is 2. The maximum absolute atomic E-state index is 13.3. The average Bonchev–Trinajstić information content (AvgIpc) is 3.75. The van der Waals surface area contributed by atoms with Crippen molar-refractivity contribution in [1.29, 1.82) is 0 Å². The first kappa shape index (κ1) is 45.6. The summed E-state index contributed by atoms with van der Waals surface area (Å²) in [6.07, 6.45) is 3.33. The van der Waals surface area contributed by atoms with E-state index in [1.54, 1.807) is 62.1 Å². The molecular weight excluding hydrogens is 842 g/mol. The van der Waals surface area contributed by atoms with Crippen LogP contribution in [-0.4, -0.2) is 46.7 Å². The Bertz CT molecular complexity index is 2910. The standard InChI is InChI=1S/C24H21N5O3S.C16H14ClNO3.C6H7NO.CH4/c1-14-10-11-29(19(30)12-14)18-9-8-16-20(15-6-4-5-7-17(15)32-21(16)26-18)24(2,3)22(31)27-23-28-25-13-33-23;1-16(2,15(19)20)13-9-5-3-4-6-11(9)21-14-10(13)7-8-12(17)18-14;1-5-2-3-7-6(8)4-5;/h4-13,20H,1-3H3,(H,27,28,31);3-8,13H,1-2H3,(H,19,20);2-4H,1H3,(H,7,8);1H4/t20-;13-;;/m00../s1. The monoisotopic (exact) mass is 887 g/mol. The van der Waals surface area contributed by atoms with E-state index >= 15 is 0 Å². The van der Waals surface area contributed by atoms with E-state index in [0.717, 1.165) is 33.4 Å². The lowest BCUT2D eigenvalue weighted by Gasteiger charge is -2.37. The summed E-state index contributed by atoms with van der Waals surface area (Å²) >= 11 is 7.18. The topological polar surface area (TPSA) is 191 Å². The SMILES string of the molecule is C.CC(C)(C(=O)O)[C@H]1c2ccccc2Oc2nc(Cl)ccc21.Cc1cc[nH]c(=O)c1.Cc1ccn(-c2ccc3c(n2)Oc2ccccc2[C@@H]3C(C)(C)C(=O)Nc2nncs2)c(=O)c1. The highest BCUT2D eigenvalue weighted by atomic mass is 35.5. The fourth-order valence-corrected chi connectivity index (χ4v) is 7.97. The molecule has 0 bridgehead atoms. The third kappa shape index (κ3) is 9.59. The van der Waals surface area contributed by atoms with E-state index < -0.39 is 16.8 Å². The number of hydrogen-bond donors (Lipinski definition) is 3. The molecule has 0 fully saturated rings. The number of carbonyl (C=O) groups is 2. The Morgan fingerprint density at radius 3 is 1.92 bits per heavy atom. The van der Waals surface area contributed by atoms with Crippen LogP contribution in [-0.2, 0) is 9.59 Å². The van der Waals surface area contributed by atoms with E-state index in [2.05, 4.69) is 30.5 Å². The first-order valence-corrected chi connectivity index (χ1v) is 20.7. The van der Waals surface area contributed by atoms with E-state index in [0.29, 0.717) is 39.4 Å².